The van der Waals surface area contributed by atoms with Crippen molar-refractivity contribution in [3.63, 3.8) is 0 Å². The van der Waals surface area contributed by atoms with Crippen molar-refractivity contribution in [3.05, 3.63) is 40.3 Å². The fraction of sp³-hybridized carbons (Fsp3) is 0.0909. The van der Waals surface area contributed by atoms with E-state index in [4.69, 9.17) is 0 Å². The molecule has 162 valence electrons. The van der Waals surface area contributed by atoms with Crippen LogP contribution in [0.3, 0.4) is 0 Å². The summed E-state index contributed by atoms with van der Waals surface area (Å²) < 4.78 is 104. The zero-order chi connectivity index (χ0) is 22.3. The van der Waals surface area contributed by atoms with Crippen LogP contribution in [0.25, 0.3) is 11.4 Å². The van der Waals surface area contributed by atoms with Gasteiger partial charge in [-0.2, -0.15) is 22.3 Å². The number of allylic oxidation sites excluding steroid dienone is 2. The van der Waals surface area contributed by atoms with Crippen LogP contribution in [0.4, 0.5) is 32.6 Å². The largest absolute Gasteiger partial charge is 0.423 e. The second kappa shape index (κ2) is 6.31. The lowest BCUT2D eigenvalue weighted by atomic mass is 10.2. The highest BCUT2D eigenvalue weighted by Gasteiger charge is 2.71. The molecule has 2 aromatic rings. The Bertz CT molecular complexity index is 1030. The van der Waals surface area contributed by atoms with E-state index in [1.54, 1.807) is 0 Å². The highest BCUT2D eigenvalue weighted by molar-refractivity contribution is 8.45. The van der Waals surface area contributed by atoms with Crippen LogP contribution < -0.4 is 0 Å². The molecule has 0 bridgehead atoms. The van der Waals surface area contributed by atoms with Gasteiger partial charge in [0, 0.05) is 16.6 Å². The topological polar surface area (TPSA) is 112 Å². The molecule has 0 aliphatic rings. The summed E-state index contributed by atoms with van der Waals surface area (Å²) in [5.41, 5.74) is -2.66. The molecule has 0 aromatic carbocycles. The maximum Gasteiger partial charge on any atom is 0.423 e. The number of alkyl halides is 3. The summed E-state index contributed by atoms with van der Waals surface area (Å²) in [6.45, 7) is 3.46. The van der Waals surface area contributed by atoms with Gasteiger partial charge in [0.15, 0.2) is 5.82 Å². The quantitative estimate of drug-likeness (QED) is 0.229. The van der Waals surface area contributed by atoms with Crippen molar-refractivity contribution < 1.29 is 37.4 Å². The third kappa shape index (κ3) is 5.13. The van der Waals surface area contributed by atoms with Crippen LogP contribution in [-0.4, -0.2) is 30.5 Å². The second-order valence-corrected chi connectivity index (χ2v) is 8.33. The lowest BCUT2D eigenvalue weighted by Gasteiger charge is -2.39. The van der Waals surface area contributed by atoms with Crippen LogP contribution in [0.2, 0.25) is 0 Å². The molecule has 0 radical (unpaired) electrons. The molecule has 0 fully saturated rings. The molecule has 2 aromatic heterocycles. The number of nitroso groups, excluding NO2 is 1. The normalized spacial score (nSPS) is 15.0. The standard InChI is InChI=1S/C11H8F8N6O2S2/c1-5(2-3-7(26)23-27)6-4-28-25(24-20-6)9-8(11(12,13)14)10(22-21-9)29(15,16,17,18)19/h2-4,20,24H,1H2,(H,21,22)/b3-2+. The van der Waals surface area contributed by atoms with Gasteiger partial charge < -0.3 is 0 Å². The number of H-pyrrole nitrogens is 3. The van der Waals surface area contributed by atoms with Gasteiger partial charge in [-0.25, -0.2) is 5.21 Å². The van der Waals surface area contributed by atoms with E-state index in [2.05, 4.69) is 22.0 Å². The first-order chi connectivity index (χ1) is 12.9. The third-order valence-corrected chi connectivity index (χ3v) is 4.89. The van der Waals surface area contributed by atoms with E-state index < -0.39 is 38.7 Å². The molecular formula is C11H8F8N6O2S2. The minimum atomic E-state index is -10.7. The van der Waals surface area contributed by atoms with Crippen LogP contribution >= 0.6 is 21.8 Å². The highest BCUT2D eigenvalue weighted by Crippen LogP contribution is 3.02. The minimum Gasteiger partial charge on any atom is -0.284 e. The number of hydrogen-bond donors (Lipinski definition) is 3. The molecule has 3 N–H and O–H groups in total. The van der Waals surface area contributed by atoms with Crippen molar-refractivity contribution in [2.45, 2.75) is 11.2 Å². The van der Waals surface area contributed by atoms with E-state index in [0.29, 0.717) is 15.6 Å². The predicted molar refractivity (Wildman–Crippen MR) is 87.5 cm³/mol. The SMILES string of the molecule is C=C(/C=C/C(=O)N=O)c1csn(-c2n[nH]c(S(F)(F)(F)(F)F)c2C(F)(F)F)[nH][nH]1. The van der Waals surface area contributed by atoms with Gasteiger partial charge in [0.2, 0.25) is 5.03 Å². The van der Waals surface area contributed by atoms with E-state index in [-0.39, 0.29) is 11.3 Å². The summed E-state index contributed by atoms with van der Waals surface area (Å²) in [5, 5.41) is 7.50. The van der Waals surface area contributed by atoms with E-state index in [0.717, 1.165) is 22.6 Å². The summed E-state index contributed by atoms with van der Waals surface area (Å²) in [7, 11) is -10.7. The van der Waals surface area contributed by atoms with Crippen molar-refractivity contribution in [2.75, 3.05) is 0 Å². The fourth-order valence-corrected chi connectivity index (χ4v) is 3.38. The highest BCUT2D eigenvalue weighted by atomic mass is 32.5. The molecule has 1 amide bonds. The molecule has 2 heterocycles. The predicted octanol–water partition coefficient (Wildman–Crippen LogP) is 5.58. The van der Waals surface area contributed by atoms with Gasteiger partial charge in [0.05, 0.1) is 5.69 Å². The number of hydrogen-bond acceptors (Lipinski definition) is 4. The summed E-state index contributed by atoms with van der Waals surface area (Å²) in [6.07, 6.45) is -4.08. The van der Waals surface area contributed by atoms with Gasteiger partial charge >= 0.3 is 22.3 Å². The molecule has 29 heavy (non-hydrogen) atoms. The van der Waals surface area contributed by atoms with Crippen LogP contribution in [0.15, 0.2) is 34.3 Å². The first kappa shape index (κ1) is 22.4. The molecule has 0 aliphatic carbocycles. The Labute approximate surface area is 158 Å². The third-order valence-electron chi connectivity index (χ3n) is 3.01. The van der Waals surface area contributed by atoms with Gasteiger partial charge in [0.1, 0.15) is 5.56 Å². The molecule has 8 nitrogen and oxygen atoms in total. The van der Waals surface area contributed by atoms with Gasteiger partial charge in [-0.15, -0.1) is 4.91 Å². The number of halogens is 8. The van der Waals surface area contributed by atoms with E-state index in [9.17, 15) is 42.3 Å². The average Bonchev–Trinajstić information content (AvgIpc) is 3.05. The van der Waals surface area contributed by atoms with Crippen LogP contribution in [0.5, 0.6) is 0 Å². The molecular weight excluding hydrogens is 464 g/mol. The molecule has 0 atom stereocenters. The first-order valence-corrected chi connectivity index (χ1v) is 9.56. The molecule has 0 saturated carbocycles. The van der Waals surface area contributed by atoms with Crippen molar-refractivity contribution in [3.8, 4) is 5.82 Å². The number of carbonyl (C=O) groups is 1. The van der Waals surface area contributed by atoms with Crippen molar-refractivity contribution in [1.29, 1.82) is 0 Å². The molecule has 0 aliphatic heterocycles. The van der Waals surface area contributed by atoms with E-state index in [1.807, 2.05) is 5.21 Å². The van der Waals surface area contributed by atoms with Gasteiger partial charge in [-0.05, 0) is 23.2 Å². The van der Waals surface area contributed by atoms with Crippen molar-refractivity contribution in [1.82, 2.24) is 24.6 Å². The molecule has 0 unspecified atom stereocenters. The zero-order valence-corrected chi connectivity index (χ0v) is 15.1. The molecule has 2 rings (SSSR count). The minimum absolute atomic E-state index is 0.0208. The lowest BCUT2D eigenvalue weighted by Crippen LogP contribution is -2.17. The van der Waals surface area contributed by atoms with E-state index >= 15 is 0 Å². The van der Waals surface area contributed by atoms with Crippen LogP contribution in [0, 0.1) is 4.91 Å². The molecule has 18 heteroatoms. The number of nitrogens with one attached hydrogen (secondary N) is 3. The number of amides is 1. The lowest BCUT2D eigenvalue weighted by molar-refractivity contribution is -0.140. The fourth-order valence-electron chi connectivity index (χ4n) is 1.82. The Kier molecular flexibility index (Phi) is 4.87. The number of aromatic amines is 3. The summed E-state index contributed by atoms with van der Waals surface area (Å²) in [5.74, 6) is -2.67. The molecule has 0 spiro atoms. The number of carbonyl (C=O) groups excluding carboxylic acids is 1. The zero-order valence-electron chi connectivity index (χ0n) is 13.4. The monoisotopic (exact) mass is 472 g/mol. The first-order valence-electron chi connectivity index (χ1n) is 6.77. The molecule has 0 saturated heterocycles. The Balaban J connectivity index is 2.53. The van der Waals surface area contributed by atoms with Crippen LogP contribution in [-0.2, 0) is 11.0 Å². The smallest absolute Gasteiger partial charge is 0.284 e. The Hall–Kier alpha value is -2.89. The van der Waals surface area contributed by atoms with Crippen LogP contribution in [0.1, 0.15) is 11.3 Å². The average molecular weight is 472 g/mol. The van der Waals surface area contributed by atoms with Crippen molar-refractivity contribution in [2.24, 2.45) is 5.18 Å². The Morgan fingerprint density at radius 3 is 2.31 bits per heavy atom. The van der Waals surface area contributed by atoms with Gasteiger partial charge in [-0.1, -0.05) is 26.0 Å². The summed E-state index contributed by atoms with van der Waals surface area (Å²) >= 11 is 0.296. The summed E-state index contributed by atoms with van der Waals surface area (Å²) in [6, 6.07) is 0. The maximum atomic E-state index is 13.1. The van der Waals surface area contributed by atoms with Gasteiger partial charge in [-0.3, -0.25) is 15.0 Å². The Morgan fingerprint density at radius 1 is 1.24 bits per heavy atom. The maximum absolute atomic E-state index is 13.1. The Morgan fingerprint density at radius 2 is 1.86 bits per heavy atom. The number of aromatic nitrogens is 5. The summed E-state index contributed by atoms with van der Waals surface area (Å²) in [4.78, 5) is 20.7. The number of rotatable bonds is 5. The number of nitrogens with zero attached hydrogens (tertiary/aromatic N) is 3. The van der Waals surface area contributed by atoms with Crippen molar-refractivity contribution >= 4 is 33.2 Å². The second-order valence-electron chi connectivity index (χ2n) is 5.17. The van der Waals surface area contributed by atoms with Gasteiger partial charge in [0.25, 0.3) is 0 Å². The van der Waals surface area contributed by atoms with E-state index in [1.165, 1.54) is 0 Å².